The minimum absolute atomic E-state index is 0.00452. The summed E-state index contributed by atoms with van der Waals surface area (Å²) in [6.45, 7) is 3.43. The van der Waals surface area contributed by atoms with E-state index >= 15 is 0 Å². The molecule has 196 valence electrons. The number of benzene rings is 2. The van der Waals surface area contributed by atoms with Crippen LogP contribution in [0.4, 0.5) is 17.6 Å². The Morgan fingerprint density at radius 3 is 2.49 bits per heavy atom. The van der Waals surface area contributed by atoms with Crippen molar-refractivity contribution in [2.75, 3.05) is 6.61 Å². The van der Waals surface area contributed by atoms with Crippen molar-refractivity contribution in [2.45, 2.75) is 45.8 Å². The third-order valence-corrected chi connectivity index (χ3v) is 5.36. The zero-order valence-electron chi connectivity index (χ0n) is 19.9. The van der Waals surface area contributed by atoms with E-state index < -0.39 is 53.7 Å². The molecule has 0 aliphatic carbocycles. The number of ether oxygens (including phenoxy) is 2. The van der Waals surface area contributed by atoms with Crippen molar-refractivity contribution in [1.29, 1.82) is 0 Å². The number of alkyl halides is 2. The zero-order valence-corrected chi connectivity index (χ0v) is 20.6. The summed E-state index contributed by atoms with van der Waals surface area (Å²) >= 11 is 6.10. The number of nitrogens with one attached hydrogen (secondary N) is 1. The van der Waals surface area contributed by atoms with Crippen LogP contribution in [0, 0.1) is 11.6 Å². The summed E-state index contributed by atoms with van der Waals surface area (Å²) in [4.78, 5) is 32.5. The Morgan fingerprint density at radius 1 is 1.16 bits per heavy atom. The summed E-state index contributed by atoms with van der Waals surface area (Å²) in [5.74, 6) is -2.45. The summed E-state index contributed by atoms with van der Waals surface area (Å²) < 4.78 is 65.5. The lowest BCUT2D eigenvalue weighted by Crippen LogP contribution is -2.33. The minimum atomic E-state index is -2.70. The molecule has 0 atom stereocenters. The molecule has 8 nitrogen and oxygen atoms in total. The fourth-order valence-corrected chi connectivity index (χ4v) is 3.93. The number of hydrogen-bond acceptors (Lipinski definition) is 6. The molecule has 4 rings (SSSR count). The predicted octanol–water partition coefficient (Wildman–Crippen LogP) is 4.78. The summed E-state index contributed by atoms with van der Waals surface area (Å²) in [6, 6.07) is 4.45. The van der Waals surface area contributed by atoms with E-state index in [1.807, 2.05) is 0 Å². The summed E-state index contributed by atoms with van der Waals surface area (Å²) in [5, 5.41) is 3.26. The Balaban J connectivity index is 1.77. The smallest absolute Gasteiger partial charge is 0.328 e. The Labute approximate surface area is 212 Å². The number of fused-ring (bicyclic) bond motifs is 2. The van der Waals surface area contributed by atoms with Crippen LogP contribution in [0.15, 0.2) is 29.1 Å². The number of aromatic amines is 1. The van der Waals surface area contributed by atoms with Gasteiger partial charge in [-0.05, 0) is 39.0 Å². The molecule has 0 amide bonds. The van der Waals surface area contributed by atoms with Crippen molar-refractivity contribution in [3.8, 4) is 5.75 Å². The minimum Gasteiger partial charge on any atom is -0.486 e. The average Bonchev–Trinajstić information content (AvgIpc) is 3.16. The van der Waals surface area contributed by atoms with Crippen molar-refractivity contribution in [2.24, 2.45) is 0 Å². The SMILES string of the molecule is CC(C)(C)OC(=O)Cn1nc(Cc2nc3cc(OCC(F)F)c(Cl)cc3[nH]2)c2c(F)ccc(F)c2c1=O. The maximum absolute atomic E-state index is 14.8. The van der Waals surface area contributed by atoms with Gasteiger partial charge >= 0.3 is 5.97 Å². The molecule has 0 fully saturated rings. The maximum atomic E-state index is 14.8. The predicted molar refractivity (Wildman–Crippen MR) is 127 cm³/mol. The first-order valence-corrected chi connectivity index (χ1v) is 11.4. The van der Waals surface area contributed by atoms with Crippen molar-refractivity contribution in [3.63, 3.8) is 0 Å². The molecule has 0 saturated carbocycles. The molecule has 2 aromatic heterocycles. The number of esters is 1. The van der Waals surface area contributed by atoms with Crippen LogP contribution in [0.2, 0.25) is 5.02 Å². The Hall–Kier alpha value is -3.67. The van der Waals surface area contributed by atoms with E-state index in [2.05, 4.69) is 15.1 Å². The highest BCUT2D eigenvalue weighted by Gasteiger charge is 2.23. The van der Waals surface area contributed by atoms with E-state index in [9.17, 15) is 27.2 Å². The summed E-state index contributed by atoms with van der Waals surface area (Å²) in [7, 11) is 0. The van der Waals surface area contributed by atoms with Crippen LogP contribution in [0.1, 0.15) is 32.3 Å². The van der Waals surface area contributed by atoms with Crippen LogP contribution < -0.4 is 10.3 Å². The molecule has 2 heterocycles. The van der Waals surface area contributed by atoms with E-state index in [1.54, 1.807) is 20.8 Å². The normalized spacial score (nSPS) is 12.0. The molecule has 0 spiro atoms. The van der Waals surface area contributed by atoms with Gasteiger partial charge in [0.05, 0.1) is 33.6 Å². The van der Waals surface area contributed by atoms with Crippen molar-refractivity contribution < 1.29 is 31.8 Å². The monoisotopic (exact) mass is 540 g/mol. The standard InChI is InChI=1S/C24H21ClF4N4O4/c1-24(2,3)37-20(34)9-33-23(35)22-13(27)5-4-12(26)21(22)16(32-33)8-19-30-14-6-11(25)17(7-15(14)31-19)36-10-18(28)29/h4-7,18H,8-10H2,1-3H3,(H,30,31). The van der Waals surface area contributed by atoms with Gasteiger partial charge in [-0.25, -0.2) is 27.2 Å². The quantitative estimate of drug-likeness (QED) is 0.267. The largest absolute Gasteiger partial charge is 0.486 e. The highest BCUT2D eigenvalue weighted by atomic mass is 35.5. The van der Waals surface area contributed by atoms with E-state index in [4.69, 9.17) is 21.1 Å². The Morgan fingerprint density at radius 2 is 1.84 bits per heavy atom. The lowest BCUT2D eigenvalue weighted by molar-refractivity contribution is -0.155. The van der Waals surface area contributed by atoms with Gasteiger partial charge in [0.15, 0.2) is 0 Å². The first-order chi connectivity index (χ1) is 17.3. The first kappa shape index (κ1) is 26.4. The molecule has 0 radical (unpaired) electrons. The third kappa shape index (κ3) is 5.85. The second kappa shape index (κ2) is 10.0. The number of rotatable bonds is 7. The molecule has 0 aliphatic heterocycles. The number of aromatic nitrogens is 4. The van der Waals surface area contributed by atoms with Crippen LogP contribution >= 0.6 is 11.6 Å². The van der Waals surface area contributed by atoms with Crippen molar-refractivity contribution in [3.05, 3.63) is 62.8 Å². The van der Waals surface area contributed by atoms with E-state index in [0.717, 1.165) is 12.1 Å². The van der Waals surface area contributed by atoms with Gasteiger partial charge in [0, 0.05) is 11.5 Å². The molecule has 0 unspecified atom stereocenters. The lowest BCUT2D eigenvalue weighted by atomic mass is 10.1. The molecule has 0 saturated heterocycles. The van der Waals surface area contributed by atoms with Crippen LogP contribution in [0.25, 0.3) is 21.8 Å². The molecule has 13 heteroatoms. The molecule has 0 aliphatic rings. The maximum Gasteiger partial charge on any atom is 0.328 e. The fourth-order valence-electron chi connectivity index (χ4n) is 3.71. The number of imidazole rings is 1. The number of H-pyrrole nitrogens is 1. The molecule has 1 N–H and O–H groups in total. The number of nitrogens with zero attached hydrogens (tertiary/aromatic N) is 3. The van der Waals surface area contributed by atoms with Crippen LogP contribution in [-0.2, 0) is 22.5 Å². The summed E-state index contributed by atoms with van der Waals surface area (Å²) in [5.41, 5.74) is -1.19. The lowest BCUT2D eigenvalue weighted by Gasteiger charge is -2.20. The van der Waals surface area contributed by atoms with Gasteiger partial charge in [-0.15, -0.1) is 0 Å². The zero-order chi connectivity index (χ0) is 27.1. The molecule has 2 aromatic carbocycles. The van der Waals surface area contributed by atoms with Gasteiger partial charge in [-0.1, -0.05) is 11.6 Å². The van der Waals surface area contributed by atoms with Gasteiger partial charge < -0.3 is 14.5 Å². The van der Waals surface area contributed by atoms with E-state index in [-0.39, 0.29) is 34.1 Å². The third-order valence-electron chi connectivity index (χ3n) is 5.07. The van der Waals surface area contributed by atoms with Gasteiger partial charge in [-0.2, -0.15) is 5.10 Å². The number of carbonyl (C=O) groups excluding carboxylic acids is 1. The van der Waals surface area contributed by atoms with Crippen LogP contribution in [-0.4, -0.2) is 44.4 Å². The van der Waals surface area contributed by atoms with Gasteiger partial charge in [0.25, 0.3) is 12.0 Å². The molecular formula is C24H21ClF4N4O4. The van der Waals surface area contributed by atoms with E-state index in [1.165, 1.54) is 12.1 Å². The van der Waals surface area contributed by atoms with Gasteiger partial charge in [-0.3, -0.25) is 9.59 Å². The highest BCUT2D eigenvalue weighted by molar-refractivity contribution is 6.32. The Kier molecular flexibility index (Phi) is 7.13. The van der Waals surface area contributed by atoms with Crippen LogP contribution in [0.3, 0.4) is 0 Å². The fraction of sp³-hybridized carbons (Fsp3) is 0.333. The van der Waals surface area contributed by atoms with Gasteiger partial charge in [0.1, 0.15) is 42.0 Å². The average molecular weight is 541 g/mol. The Bertz CT molecular complexity index is 1560. The number of halogens is 5. The van der Waals surface area contributed by atoms with Gasteiger partial charge in [0.2, 0.25) is 0 Å². The number of hydrogen-bond donors (Lipinski definition) is 1. The molecular weight excluding hydrogens is 520 g/mol. The van der Waals surface area contributed by atoms with Crippen molar-refractivity contribution in [1.82, 2.24) is 19.7 Å². The molecule has 4 aromatic rings. The van der Waals surface area contributed by atoms with Crippen molar-refractivity contribution >= 4 is 39.4 Å². The second-order valence-electron chi connectivity index (χ2n) is 9.14. The molecule has 0 bridgehead atoms. The first-order valence-electron chi connectivity index (χ1n) is 11.0. The molecule has 37 heavy (non-hydrogen) atoms. The van der Waals surface area contributed by atoms with Crippen LogP contribution in [0.5, 0.6) is 5.75 Å². The number of carbonyl (C=O) groups is 1. The van der Waals surface area contributed by atoms with E-state index in [0.29, 0.717) is 15.7 Å². The topological polar surface area (TPSA) is 99.1 Å². The summed E-state index contributed by atoms with van der Waals surface area (Å²) in [6.07, 6.45) is -2.90. The highest BCUT2D eigenvalue weighted by Crippen LogP contribution is 2.30. The second-order valence-corrected chi connectivity index (χ2v) is 9.54.